The number of hydrogen-bond donors (Lipinski definition) is 2. The molecule has 1 heterocycles. The lowest BCUT2D eigenvalue weighted by Gasteiger charge is -2.10. The van der Waals surface area contributed by atoms with Crippen molar-refractivity contribution in [1.82, 2.24) is 15.0 Å². The van der Waals surface area contributed by atoms with Gasteiger partial charge in [-0.25, -0.2) is 8.42 Å². The van der Waals surface area contributed by atoms with E-state index in [0.717, 1.165) is 5.56 Å². The Morgan fingerprint density at radius 2 is 1.68 bits per heavy atom. The number of sulfone groups is 1. The van der Waals surface area contributed by atoms with Crippen molar-refractivity contribution in [1.29, 1.82) is 0 Å². The number of hydrogen-bond acceptors (Lipinski definition) is 9. The SMILES string of the molecule is CCCS(=O)(=O)c1ccc(N=Nc2cc(C)c(N)cc2Nc2nc(Cl)nc(Cl)n2)cc1. The Hall–Kier alpha value is -2.82. The van der Waals surface area contributed by atoms with Crippen molar-refractivity contribution in [3.8, 4) is 0 Å². The third-order valence-corrected chi connectivity index (χ3v) is 6.43. The zero-order chi connectivity index (χ0) is 22.6. The van der Waals surface area contributed by atoms with Crippen LogP contribution < -0.4 is 11.1 Å². The van der Waals surface area contributed by atoms with Crippen molar-refractivity contribution in [2.45, 2.75) is 25.2 Å². The van der Waals surface area contributed by atoms with E-state index in [9.17, 15) is 8.42 Å². The van der Waals surface area contributed by atoms with Gasteiger partial charge >= 0.3 is 0 Å². The predicted octanol–water partition coefficient (Wildman–Crippen LogP) is 5.41. The zero-order valence-corrected chi connectivity index (χ0v) is 19.0. The number of benzene rings is 2. The number of azo groups is 1. The summed E-state index contributed by atoms with van der Waals surface area (Å²) in [7, 11) is -3.29. The first-order valence-corrected chi connectivity index (χ1v) is 11.6. The lowest BCUT2D eigenvalue weighted by molar-refractivity contribution is 0.594. The molecular weight excluding hydrogens is 461 g/mol. The molecule has 0 aliphatic rings. The molecule has 0 bridgehead atoms. The minimum Gasteiger partial charge on any atom is -0.398 e. The maximum absolute atomic E-state index is 12.1. The van der Waals surface area contributed by atoms with Crippen LogP contribution in [0.3, 0.4) is 0 Å². The summed E-state index contributed by atoms with van der Waals surface area (Å²) in [6.45, 7) is 3.65. The van der Waals surface area contributed by atoms with Crippen LogP contribution in [0, 0.1) is 6.92 Å². The predicted molar refractivity (Wildman–Crippen MR) is 122 cm³/mol. The van der Waals surface area contributed by atoms with Crippen LogP contribution in [0.1, 0.15) is 18.9 Å². The highest BCUT2D eigenvalue weighted by Gasteiger charge is 2.13. The highest BCUT2D eigenvalue weighted by molar-refractivity contribution is 7.91. The van der Waals surface area contributed by atoms with Gasteiger partial charge in [0.25, 0.3) is 0 Å². The monoisotopic (exact) mass is 479 g/mol. The molecule has 3 N–H and O–H groups in total. The highest BCUT2D eigenvalue weighted by Crippen LogP contribution is 2.33. The molecule has 0 saturated carbocycles. The maximum atomic E-state index is 12.1. The van der Waals surface area contributed by atoms with Crippen LogP contribution >= 0.6 is 23.2 Å². The Morgan fingerprint density at radius 1 is 1.03 bits per heavy atom. The van der Waals surface area contributed by atoms with E-state index in [1.807, 2.05) is 13.8 Å². The molecule has 3 aromatic rings. The zero-order valence-electron chi connectivity index (χ0n) is 16.7. The first kappa shape index (κ1) is 22.9. The van der Waals surface area contributed by atoms with Crippen molar-refractivity contribution in [2.24, 2.45) is 10.2 Å². The topological polar surface area (TPSA) is 136 Å². The summed E-state index contributed by atoms with van der Waals surface area (Å²) in [5, 5.41) is 11.3. The van der Waals surface area contributed by atoms with E-state index in [-0.39, 0.29) is 27.2 Å². The number of aromatic nitrogens is 3. The second-order valence-corrected chi connectivity index (χ2v) is 9.35. The number of aryl methyl sites for hydroxylation is 1. The molecule has 0 atom stereocenters. The Bertz CT molecular complexity index is 1210. The van der Waals surface area contributed by atoms with Crippen LogP contribution in [-0.2, 0) is 9.84 Å². The molecule has 2 aromatic carbocycles. The molecule has 9 nitrogen and oxygen atoms in total. The molecule has 0 aliphatic carbocycles. The summed E-state index contributed by atoms with van der Waals surface area (Å²) in [6, 6.07) is 9.62. The molecular formula is C19H19Cl2N7O2S. The number of rotatable bonds is 7. The lowest BCUT2D eigenvalue weighted by atomic mass is 10.1. The van der Waals surface area contributed by atoms with Crippen LogP contribution in [0.25, 0.3) is 0 Å². The van der Waals surface area contributed by atoms with Gasteiger partial charge in [-0.1, -0.05) is 6.92 Å². The van der Waals surface area contributed by atoms with Crippen molar-refractivity contribution in [3.05, 3.63) is 52.5 Å². The minimum absolute atomic E-state index is 0.0659. The van der Waals surface area contributed by atoms with Gasteiger partial charge in [0.15, 0.2) is 9.84 Å². The molecule has 0 aliphatic heterocycles. The van der Waals surface area contributed by atoms with E-state index in [0.29, 0.717) is 29.2 Å². The summed E-state index contributed by atoms with van der Waals surface area (Å²) in [6.07, 6.45) is 0.549. The lowest BCUT2D eigenvalue weighted by Crippen LogP contribution is -2.05. The maximum Gasteiger partial charge on any atom is 0.232 e. The Labute approximate surface area is 189 Å². The van der Waals surface area contributed by atoms with Crippen molar-refractivity contribution >= 4 is 61.7 Å². The third-order valence-electron chi connectivity index (χ3n) is 4.15. The largest absolute Gasteiger partial charge is 0.398 e. The van der Waals surface area contributed by atoms with E-state index in [1.54, 1.807) is 24.3 Å². The van der Waals surface area contributed by atoms with E-state index >= 15 is 0 Å². The number of anilines is 3. The van der Waals surface area contributed by atoms with Gasteiger partial charge in [-0.2, -0.15) is 20.1 Å². The summed E-state index contributed by atoms with van der Waals surface area (Å²) in [4.78, 5) is 11.9. The smallest absolute Gasteiger partial charge is 0.232 e. The normalized spacial score (nSPS) is 11.7. The van der Waals surface area contributed by atoms with Gasteiger partial charge in [0, 0.05) is 5.69 Å². The standard InChI is InChI=1S/C19H19Cl2N7O2S/c1-3-8-31(29,30)13-6-4-12(5-7-13)27-28-16-9-11(2)14(22)10-15(16)23-19-25-17(20)24-18(21)26-19/h4-7,9-10H,3,8,22H2,1-2H3,(H,23,24,25,26). The van der Waals surface area contributed by atoms with Crippen molar-refractivity contribution < 1.29 is 8.42 Å². The molecule has 0 saturated heterocycles. The first-order valence-electron chi connectivity index (χ1n) is 9.16. The molecule has 0 fully saturated rings. The number of nitrogens with one attached hydrogen (secondary N) is 1. The fourth-order valence-electron chi connectivity index (χ4n) is 2.61. The Morgan fingerprint density at radius 3 is 2.29 bits per heavy atom. The third kappa shape index (κ3) is 5.87. The van der Waals surface area contributed by atoms with Gasteiger partial charge in [0.2, 0.25) is 16.5 Å². The van der Waals surface area contributed by atoms with Crippen LogP contribution in [0.5, 0.6) is 0 Å². The molecule has 12 heteroatoms. The second-order valence-electron chi connectivity index (χ2n) is 6.56. The Kier molecular flexibility index (Phi) is 7.04. The van der Waals surface area contributed by atoms with E-state index < -0.39 is 9.84 Å². The quantitative estimate of drug-likeness (QED) is 0.341. The van der Waals surface area contributed by atoms with Crippen LogP contribution in [-0.4, -0.2) is 29.1 Å². The average molecular weight is 480 g/mol. The van der Waals surface area contributed by atoms with Gasteiger partial charge in [0.1, 0.15) is 5.69 Å². The Balaban J connectivity index is 1.90. The summed E-state index contributed by atoms with van der Waals surface area (Å²) in [5.41, 5.74) is 8.77. The molecule has 0 amide bonds. The van der Waals surface area contributed by atoms with Gasteiger partial charge in [-0.3, -0.25) is 0 Å². The van der Waals surface area contributed by atoms with Gasteiger partial charge in [-0.05, 0) is 78.5 Å². The number of nitrogens with zero attached hydrogens (tertiary/aromatic N) is 5. The molecule has 0 unspecified atom stereocenters. The molecule has 0 spiro atoms. The minimum atomic E-state index is -3.29. The number of nitrogen functional groups attached to an aromatic ring is 1. The molecule has 3 rings (SSSR count). The van der Waals surface area contributed by atoms with Crippen LogP contribution in [0.2, 0.25) is 10.6 Å². The van der Waals surface area contributed by atoms with Gasteiger partial charge in [0.05, 0.1) is 22.0 Å². The summed E-state index contributed by atoms with van der Waals surface area (Å²) in [5.74, 6) is 0.216. The fourth-order valence-corrected chi connectivity index (χ4v) is 4.30. The average Bonchev–Trinajstić information content (AvgIpc) is 2.69. The summed E-state index contributed by atoms with van der Waals surface area (Å²) >= 11 is 11.6. The fraction of sp³-hybridized carbons (Fsp3) is 0.211. The second kappa shape index (κ2) is 9.54. The molecule has 31 heavy (non-hydrogen) atoms. The molecule has 162 valence electrons. The first-order chi connectivity index (χ1) is 14.7. The van der Waals surface area contributed by atoms with Crippen molar-refractivity contribution in [2.75, 3.05) is 16.8 Å². The van der Waals surface area contributed by atoms with E-state index in [1.165, 1.54) is 12.1 Å². The number of nitrogens with two attached hydrogens (primary N) is 1. The van der Waals surface area contributed by atoms with Gasteiger partial charge < -0.3 is 11.1 Å². The van der Waals surface area contributed by atoms with Crippen molar-refractivity contribution in [3.63, 3.8) is 0 Å². The van der Waals surface area contributed by atoms with Crippen LogP contribution in [0.4, 0.5) is 28.7 Å². The van der Waals surface area contributed by atoms with E-state index in [2.05, 4.69) is 30.5 Å². The molecule has 1 aromatic heterocycles. The van der Waals surface area contributed by atoms with E-state index in [4.69, 9.17) is 28.9 Å². The highest BCUT2D eigenvalue weighted by atomic mass is 35.5. The van der Waals surface area contributed by atoms with Crippen LogP contribution in [0.15, 0.2) is 51.5 Å². The molecule has 0 radical (unpaired) electrons. The summed E-state index contributed by atoms with van der Waals surface area (Å²) < 4.78 is 24.3. The number of halogens is 2. The van der Waals surface area contributed by atoms with Gasteiger partial charge in [-0.15, -0.1) is 5.11 Å².